The summed E-state index contributed by atoms with van der Waals surface area (Å²) in [5.74, 6) is 0.203. The van der Waals surface area contributed by atoms with Gasteiger partial charge in [-0.15, -0.1) is 0 Å². The molecule has 0 N–H and O–H groups in total. The van der Waals surface area contributed by atoms with Gasteiger partial charge in [-0.1, -0.05) is 60.7 Å². The Balaban J connectivity index is 1.49. The largest absolute Gasteiger partial charge is 0.488 e. The summed E-state index contributed by atoms with van der Waals surface area (Å²) in [6.45, 7) is 0.430. The lowest BCUT2D eigenvalue weighted by Gasteiger charge is -2.12. The average Bonchev–Trinajstić information content (AvgIpc) is 3.07. The molecule has 3 aromatic carbocycles. The van der Waals surface area contributed by atoms with E-state index in [4.69, 9.17) is 4.74 Å². The van der Waals surface area contributed by atoms with E-state index in [0.29, 0.717) is 28.4 Å². The van der Waals surface area contributed by atoms with E-state index in [1.54, 1.807) is 6.08 Å². The van der Waals surface area contributed by atoms with Gasteiger partial charge in [0.2, 0.25) is 0 Å². The number of rotatable bonds is 7. The van der Waals surface area contributed by atoms with E-state index < -0.39 is 10.8 Å². The van der Waals surface area contributed by atoms with Crippen molar-refractivity contribution in [3.63, 3.8) is 0 Å². The second kappa shape index (κ2) is 9.49. The van der Waals surface area contributed by atoms with Crippen LogP contribution in [-0.2, 0) is 17.9 Å². The Morgan fingerprint density at radius 3 is 2.31 bits per heavy atom. The number of thioether (sulfide) groups is 1. The van der Waals surface area contributed by atoms with Crippen LogP contribution in [0, 0.1) is 10.1 Å². The predicted octanol–water partition coefficient (Wildman–Crippen LogP) is 5.41. The third kappa shape index (κ3) is 4.87. The lowest BCUT2D eigenvalue weighted by molar-refractivity contribution is -0.384. The van der Waals surface area contributed by atoms with Crippen LogP contribution >= 0.6 is 11.8 Å². The standard InChI is InChI=1S/C24H18N2O5S/c27-23-22(32-24(28)25(23)15-17-10-12-20(13-11-17)26(29)30)14-19-8-4-5-9-21(19)31-16-18-6-2-1-3-7-18/h1-14H,15-16H2/b22-14-. The van der Waals surface area contributed by atoms with Crippen molar-refractivity contribution in [3.8, 4) is 5.75 Å². The molecule has 1 heterocycles. The number of carbonyl (C=O) groups excluding carboxylic acids is 2. The minimum Gasteiger partial charge on any atom is -0.488 e. The van der Waals surface area contributed by atoms with Gasteiger partial charge in [-0.25, -0.2) is 0 Å². The fourth-order valence-electron chi connectivity index (χ4n) is 3.15. The highest BCUT2D eigenvalue weighted by Crippen LogP contribution is 2.35. The third-order valence-corrected chi connectivity index (χ3v) is 5.71. The Kier molecular flexibility index (Phi) is 6.32. The Morgan fingerprint density at radius 1 is 0.906 bits per heavy atom. The van der Waals surface area contributed by atoms with E-state index in [2.05, 4.69) is 0 Å². The SMILES string of the molecule is O=C1S/C(=C\c2ccccc2OCc2ccccc2)C(=O)N1Cc1ccc([N+](=O)[O-])cc1. The molecule has 4 rings (SSSR count). The molecular weight excluding hydrogens is 428 g/mol. The molecule has 1 saturated heterocycles. The van der Waals surface area contributed by atoms with Gasteiger partial charge in [0, 0.05) is 17.7 Å². The summed E-state index contributed by atoms with van der Waals surface area (Å²) in [6.07, 6.45) is 1.65. The van der Waals surface area contributed by atoms with Crippen molar-refractivity contribution in [1.29, 1.82) is 0 Å². The van der Waals surface area contributed by atoms with Crippen molar-refractivity contribution in [2.75, 3.05) is 0 Å². The number of para-hydroxylation sites is 1. The maximum Gasteiger partial charge on any atom is 0.293 e. The number of imide groups is 1. The van der Waals surface area contributed by atoms with Gasteiger partial charge in [0.15, 0.2) is 0 Å². The quantitative estimate of drug-likeness (QED) is 0.274. The molecule has 160 valence electrons. The van der Waals surface area contributed by atoms with Crippen LogP contribution in [0.15, 0.2) is 83.8 Å². The highest BCUT2D eigenvalue weighted by Gasteiger charge is 2.35. The first kappa shape index (κ1) is 21.3. The van der Waals surface area contributed by atoms with Gasteiger partial charge >= 0.3 is 0 Å². The summed E-state index contributed by atoms with van der Waals surface area (Å²) in [5, 5.41) is 10.4. The van der Waals surface area contributed by atoms with Gasteiger partial charge in [-0.05, 0) is 35.0 Å². The zero-order valence-electron chi connectivity index (χ0n) is 16.8. The molecule has 0 atom stereocenters. The molecule has 0 aliphatic carbocycles. The second-order valence-electron chi connectivity index (χ2n) is 7.00. The molecule has 3 aromatic rings. The number of hydrogen-bond donors (Lipinski definition) is 0. The number of nitro benzene ring substituents is 1. The van der Waals surface area contributed by atoms with Crippen LogP contribution in [0.25, 0.3) is 6.08 Å². The van der Waals surface area contributed by atoms with Crippen LogP contribution in [0.2, 0.25) is 0 Å². The smallest absolute Gasteiger partial charge is 0.293 e. The number of carbonyl (C=O) groups is 2. The fraction of sp³-hybridized carbons (Fsp3) is 0.0833. The lowest BCUT2D eigenvalue weighted by Crippen LogP contribution is -2.27. The van der Waals surface area contributed by atoms with Crippen LogP contribution in [0.3, 0.4) is 0 Å². The summed E-state index contributed by atoms with van der Waals surface area (Å²) in [5.41, 5.74) is 2.30. The Bertz CT molecular complexity index is 1190. The highest BCUT2D eigenvalue weighted by atomic mass is 32.2. The molecule has 0 spiro atoms. The molecule has 0 unspecified atom stereocenters. The van der Waals surface area contributed by atoms with Crippen molar-refractivity contribution in [2.45, 2.75) is 13.2 Å². The number of non-ortho nitro benzene ring substituents is 1. The van der Waals surface area contributed by atoms with Crippen LogP contribution < -0.4 is 4.74 Å². The van der Waals surface area contributed by atoms with E-state index >= 15 is 0 Å². The number of nitrogens with zero attached hydrogens (tertiary/aromatic N) is 2. The van der Waals surface area contributed by atoms with Crippen molar-refractivity contribution in [3.05, 3.63) is 111 Å². The second-order valence-corrected chi connectivity index (χ2v) is 8.00. The molecule has 7 nitrogen and oxygen atoms in total. The normalized spacial score (nSPS) is 14.8. The summed E-state index contributed by atoms with van der Waals surface area (Å²) >= 11 is 0.862. The van der Waals surface area contributed by atoms with Crippen LogP contribution in [0.5, 0.6) is 5.75 Å². The summed E-state index contributed by atoms with van der Waals surface area (Å²) in [6, 6.07) is 22.8. The molecule has 1 fully saturated rings. The molecule has 8 heteroatoms. The van der Waals surface area contributed by atoms with Gasteiger partial charge in [0.05, 0.1) is 16.4 Å². The molecule has 2 amide bonds. The predicted molar refractivity (Wildman–Crippen MR) is 122 cm³/mol. The third-order valence-electron chi connectivity index (χ3n) is 4.80. The van der Waals surface area contributed by atoms with E-state index in [-0.39, 0.29) is 17.5 Å². The molecule has 0 aromatic heterocycles. The first-order valence-electron chi connectivity index (χ1n) is 9.76. The maximum atomic E-state index is 12.9. The van der Waals surface area contributed by atoms with Gasteiger partial charge < -0.3 is 4.74 Å². The number of hydrogen-bond acceptors (Lipinski definition) is 6. The maximum absolute atomic E-state index is 12.9. The molecule has 0 bridgehead atoms. The van der Waals surface area contributed by atoms with Crippen LogP contribution in [0.4, 0.5) is 10.5 Å². The molecule has 0 radical (unpaired) electrons. The van der Waals surface area contributed by atoms with Gasteiger partial charge in [0.1, 0.15) is 12.4 Å². The molecule has 0 saturated carbocycles. The Hall–Kier alpha value is -3.91. The zero-order valence-corrected chi connectivity index (χ0v) is 17.7. The molecule has 1 aliphatic heterocycles. The van der Waals surface area contributed by atoms with E-state index in [0.717, 1.165) is 22.2 Å². The topological polar surface area (TPSA) is 89.8 Å². The highest BCUT2D eigenvalue weighted by molar-refractivity contribution is 8.18. The first-order chi connectivity index (χ1) is 15.5. The van der Waals surface area contributed by atoms with Gasteiger partial charge in [-0.3, -0.25) is 24.6 Å². The van der Waals surface area contributed by atoms with E-state index in [1.165, 1.54) is 24.3 Å². The van der Waals surface area contributed by atoms with Gasteiger partial charge in [-0.2, -0.15) is 0 Å². The molecular formula is C24H18N2O5S. The summed E-state index contributed by atoms with van der Waals surface area (Å²) < 4.78 is 5.93. The number of ether oxygens (including phenoxy) is 1. The number of amides is 2. The molecule has 1 aliphatic rings. The number of benzene rings is 3. The number of nitro groups is 1. The van der Waals surface area contributed by atoms with E-state index in [9.17, 15) is 19.7 Å². The summed E-state index contributed by atoms with van der Waals surface area (Å²) in [4.78, 5) is 37.0. The monoisotopic (exact) mass is 446 g/mol. The van der Waals surface area contributed by atoms with Crippen molar-refractivity contribution in [1.82, 2.24) is 4.90 Å². The van der Waals surface area contributed by atoms with Crippen molar-refractivity contribution >= 4 is 34.7 Å². The Morgan fingerprint density at radius 2 is 1.59 bits per heavy atom. The zero-order chi connectivity index (χ0) is 22.5. The summed E-state index contributed by atoms with van der Waals surface area (Å²) in [7, 11) is 0. The average molecular weight is 446 g/mol. The Labute approximate surface area is 188 Å². The minimum absolute atomic E-state index is 0.0464. The molecule has 32 heavy (non-hydrogen) atoms. The first-order valence-corrected chi connectivity index (χ1v) is 10.6. The lowest BCUT2D eigenvalue weighted by atomic mass is 10.1. The van der Waals surface area contributed by atoms with Crippen molar-refractivity contribution in [2.24, 2.45) is 0 Å². The van der Waals surface area contributed by atoms with Crippen LogP contribution in [0.1, 0.15) is 16.7 Å². The fourth-order valence-corrected chi connectivity index (χ4v) is 3.98. The van der Waals surface area contributed by atoms with Crippen molar-refractivity contribution < 1.29 is 19.2 Å². The van der Waals surface area contributed by atoms with Crippen LogP contribution in [-0.4, -0.2) is 21.0 Å². The van der Waals surface area contributed by atoms with E-state index in [1.807, 2.05) is 54.6 Å². The minimum atomic E-state index is -0.496. The van der Waals surface area contributed by atoms with Gasteiger partial charge in [0.25, 0.3) is 16.8 Å².